The van der Waals surface area contributed by atoms with Crippen LogP contribution in [-0.2, 0) is 9.59 Å². The van der Waals surface area contributed by atoms with Crippen molar-refractivity contribution >= 4 is 17.4 Å². The summed E-state index contributed by atoms with van der Waals surface area (Å²) >= 11 is 0. The Morgan fingerprint density at radius 2 is 1.78 bits per heavy atom. The SMILES string of the molecule is CCCN1C(=O)C(=O)/C(=C(/O)c2ccc(OC)cc2OC)C1c1ccc(O)c(OCC)c1. The van der Waals surface area contributed by atoms with E-state index in [9.17, 15) is 19.8 Å². The van der Waals surface area contributed by atoms with Crippen LogP contribution in [0.4, 0.5) is 0 Å². The first-order valence-corrected chi connectivity index (χ1v) is 10.3. The van der Waals surface area contributed by atoms with Crippen LogP contribution in [0.5, 0.6) is 23.0 Å². The van der Waals surface area contributed by atoms with Gasteiger partial charge in [-0.25, -0.2) is 0 Å². The number of benzene rings is 2. The molecule has 1 amide bonds. The average Bonchev–Trinajstić information content (AvgIpc) is 3.05. The molecule has 0 bridgehead atoms. The molecule has 1 unspecified atom stereocenters. The van der Waals surface area contributed by atoms with Gasteiger partial charge in [-0.3, -0.25) is 9.59 Å². The minimum Gasteiger partial charge on any atom is -0.507 e. The molecule has 1 aliphatic heterocycles. The summed E-state index contributed by atoms with van der Waals surface area (Å²) in [5.74, 6) is -0.850. The Balaban J connectivity index is 2.23. The minimum atomic E-state index is -0.846. The number of nitrogens with zero attached hydrogens (tertiary/aromatic N) is 1. The first-order chi connectivity index (χ1) is 15.4. The molecule has 8 heteroatoms. The number of aliphatic hydroxyl groups is 1. The highest BCUT2D eigenvalue weighted by molar-refractivity contribution is 6.46. The van der Waals surface area contributed by atoms with Crippen molar-refractivity contribution in [2.24, 2.45) is 0 Å². The van der Waals surface area contributed by atoms with Gasteiger partial charge in [-0.05, 0) is 43.2 Å². The van der Waals surface area contributed by atoms with Gasteiger partial charge in [0.25, 0.3) is 11.7 Å². The Bertz CT molecular complexity index is 1060. The predicted octanol–water partition coefficient (Wildman–Crippen LogP) is 3.64. The number of aliphatic hydroxyl groups excluding tert-OH is 1. The van der Waals surface area contributed by atoms with Crippen LogP contribution in [0.2, 0.25) is 0 Å². The highest BCUT2D eigenvalue weighted by Gasteiger charge is 2.46. The zero-order valence-corrected chi connectivity index (χ0v) is 18.5. The summed E-state index contributed by atoms with van der Waals surface area (Å²) in [6, 6.07) is 8.57. The second-order valence-electron chi connectivity index (χ2n) is 7.22. The number of ether oxygens (including phenoxy) is 3. The maximum absolute atomic E-state index is 13.0. The van der Waals surface area contributed by atoms with Gasteiger partial charge in [-0.2, -0.15) is 0 Å². The van der Waals surface area contributed by atoms with Crippen LogP contribution in [0.25, 0.3) is 5.76 Å². The van der Waals surface area contributed by atoms with E-state index in [1.807, 2.05) is 6.92 Å². The third-order valence-corrected chi connectivity index (χ3v) is 5.27. The number of aromatic hydroxyl groups is 1. The van der Waals surface area contributed by atoms with Crippen LogP contribution in [0.3, 0.4) is 0 Å². The number of hydrogen-bond acceptors (Lipinski definition) is 7. The first-order valence-electron chi connectivity index (χ1n) is 10.3. The molecule has 1 aliphatic rings. The minimum absolute atomic E-state index is 0.0555. The van der Waals surface area contributed by atoms with Crippen LogP contribution in [0, 0.1) is 0 Å². The summed E-state index contributed by atoms with van der Waals surface area (Å²) in [4.78, 5) is 27.3. The number of methoxy groups -OCH3 is 2. The number of phenols is 1. The number of carbonyl (C=O) groups excluding carboxylic acids is 2. The van der Waals surface area contributed by atoms with E-state index in [-0.39, 0.29) is 28.4 Å². The van der Waals surface area contributed by atoms with E-state index >= 15 is 0 Å². The van der Waals surface area contributed by atoms with E-state index in [0.29, 0.717) is 36.6 Å². The molecule has 0 aromatic heterocycles. The molecule has 1 heterocycles. The fourth-order valence-corrected chi connectivity index (χ4v) is 3.81. The molecule has 0 radical (unpaired) electrons. The van der Waals surface area contributed by atoms with Crippen molar-refractivity contribution < 1.29 is 34.0 Å². The van der Waals surface area contributed by atoms with Gasteiger partial charge in [0.1, 0.15) is 17.3 Å². The van der Waals surface area contributed by atoms with Crippen LogP contribution in [0.15, 0.2) is 42.0 Å². The Morgan fingerprint density at radius 3 is 2.41 bits per heavy atom. The van der Waals surface area contributed by atoms with Gasteiger partial charge in [-0.1, -0.05) is 13.0 Å². The third-order valence-electron chi connectivity index (χ3n) is 5.27. The van der Waals surface area contributed by atoms with Gasteiger partial charge in [0.05, 0.1) is 38.0 Å². The van der Waals surface area contributed by atoms with Crippen LogP contribution < -0.4 is 14.2 Å². The van der Waals surface area contributed by atoms with E-state index in [2.05, 4.69) is 0 Å². The lowest BCUT2D eigenvalue weighted by atomic mass is 9.94. The number of ketones is 1. The molecule has 0 spiro atoms. The first kappa shape index (κ1) is 23.0. The van der Waals surface area contributed by atoms with Crippen molar-refractivity contribution in [2.75, 3.05) is 27.4 Å². The molecule has 8 nitrogen and oxygen atoms in total. The molecule has 2 aromatic rings. The van der Waals surface area contributed by atoms with Crippen LogP contribution in [-0.4, -0.2) is 54.2 Å². The van der Waals surface area contributed by atoms with Gasteiger partial charge in [-0.15, -0.1) is 0 Å². The van der Waals surface area contributed by atoms with Crippen molar-refractivity contribution in [2.45, 2.75) is 26.3 Å². The Hall–Kier alpha value is -3.68. The Morgan fingerprint density at radius 1 is 1.03 bits per heavy atom. The second-order valence-corrected chi connectivity index (χ2v) is 7.22. The molecule has 170 valence electrons. The van der Waals surface area contributed by atoms with Crippen molar-refractivity contribution in [1.82, 2.24) is 4.90 Å². The van der Waals surface area contributed by atoms with Crippen molar-refractivity contribution in [3.8, 4) is 23.0 Å². The molecule has 3 rings (SSSR count). The summed E-state index contributed by atoms with van der Waals surface area (Å²) in [6.45, 7) is 4.32. The zero-order chi connectivity index (χ0) is 23.4. The molecule has 1 atom stereocenters. The molecular weight excluding hydrogens is 414 g/mol. The fourth-order valence-electron chi connectivity index (χ4n) is 3.81. The molecule has 2 aromatic carbocycles. The molecule has 1 saturated heterocycles. The third kappa shape index (κ3) is 4.08. The van der Waals surface area contributed by atoms with Gasteiger partial charge in [0, 0.05) is 12.6 Å². The van der Waals surface area contributed by atoms with Crippen molar-refractivity contribution in [3.05, 3.63) is 53.1 Å². The molecular formula is C24H27NO7. The lowest BCUT2D eigenvalue weighted by Gasteiger charge is -2.25. The standard InChI is InChI=1S/C24H27NO7/c1-5-11-25-21(14-7-10-17(26)19(12-14)32-6-2)20(23(28)24(25)29)22(27)16-9-8-15(30-3)13-18(16)31-4/h7-10,12-13,21,26-27H,5-6,11H2,1-4H3/b22-20+. The summed E-state index contributed by atoms with van der Waals surface area (Å²) in [5, 5.41) is 21.3. The lowest BCUT2D eigenvalue weighted by Crippen LogP contribution is -2.30. The number of amides is 1. The van der Waals surface area contributed by atoms with Gasteiger partial charge < -0.3 is 29.3 Å². The Kier molecular flexibility index (Phi) is 6.92. The van der Waals surface area contributed by atoms with Gasteiger partial charge >= 0.3 is 0 Å². The van der Waals surface area contributed by atoms with E-state index in [1.54, 1.807) is 37.3 Å². The van der Waals surface area contributed by atoms with Crippen molar-refractivity contribution in [3.63, 3.8) is 0 Å². The Labute approximate surface area is 186 Å². The molecule has 0 aliphatic carbocycles. The second kappa shape index (κ2) is 9.64. The monoisotopic (exact) mass is 441 g/mol. The molecule has 1 fully saturated rings. The van der Waals surface area contributed by atoms with E-state index < -0.39 is 17.7 Å². The van der Waals surface area contributed by atoms with Crippen LogP contribution >= 0.6 is 0 Å². The number of carbonyl (C=O) groups is 2. The summed E-state index contributed by atoms with van der Waals surface area (Å²) in [6.07, 6.45) is 0.617. The molecule has 32 heavy (non-hydrogen) atoms. The highest BCUT2D eigenvalue weighted by atomic mass is 16.5. The number of rotatable bonds is 8. The summed E-state index contributed by atoms with van der Waals surface area (Å²) < 4.78 is 16.1. The number of hydrogen-bond donors (Lipinski definition) is 2. The van der Waals surface area contributed by atoms with Gasteiger partial charge in [0.15, 0.2) is 11.5 Å². The van der Waals surface area contributed by atoms with E-state index in [0.717, 1.165) is 0 Å². The van der Waals surface area contributed by atoms with E-state index in [4.69, 9.17) is 14.2 Å². The molecule has 0 saturated carbocycles. The summed E-state index contributed by atoms with van der Waals surface area (Å²) in [7, 11) is 2.94. The number of likely N-dealkylation sites (tertiary alicyclic amines) is 1. The van der Waals surface area contributed by atoms with Gasteiger partial charge in [0.2, 0.25) is 0 Å². The fraction of sp³-hybridized carbons (Fsp3) is 0.333. The maximum atomic E-state index is 13.0. The highest BCUT2D eigenvalue weighted by Crippen LogP contribution is 2.43. The average molecular weight is 441 g/mol. The van der Waals surface area contributed by atoms with Crippen LogP contribution in [0.1, 0.15) is 37.4 Å². The van der Waals surface area contributed by atoms with Crippen molar-refractivity contribution in [1.29, 1.82) is 0 Å². The largest absolute Gasteiger partial charge is 0.507 e. The normalized spacial score (nSPS) is 17.5. The summed E-state index contributed by atoms with van der Waals surface area (Å²) in [5.41, 5.74) is 0.740. The quantitative estimate of drug-likeness (QED) is 0.366. The van der Waals surface area contributed by atoms with E-state index in [1.165, 1.54) is 25.2 Å². The predicted molar refractivity (Wildman–Crippen MR) is 118 cm³/mol. The number of Topliss-reactive ketones (excluding diaryl/α,β-unsaturated/α-hetero) is 1. The molecule has 2 N–H and O–H groups in total. The lowest BCUT2D eigenvalue weighted by molar-refractivity contribution is -0.139. The smallest absolute Gasteiger partial charge is 0.295 e. The maximum Gasteiger partial charge on any atom is 0.295 e. The topological polar surface area (TPSA) is 106 Å². The number of phenolic OH excluding ortho intramolecular Hbond substituents is 1. The zero-order valence-electron chi connectivity index (χ0n) is 18.5.